The molecule has 2 N–H and O–H groups in total. The first-order valence-electron chi connectivity index (χ1n) is 16.0. The summed E-state index contributed by atoms with van der Waals surface area (Å²) in [5.74, 6) is 0.112. The summed E-state index contributed by atoms with van der Waals surface area (Å²) in [4.78, 5) is 41.6. The SMILES string of the molecule is CCOC(=O)C1CCN(CCCCCNC(=O)CCN2CCC(OC(=O)Nc3ccccc3-c3ccccc3)CC2)CC1. The average molecular weight is 593 g/mol. The van der Waals surface area contributed by atoms with Crippen LogP contribution in [0.4, 0.5) is 10.5 Å². The van der Waals surface area contributed by atoms with Gasteiger partial charge in [0.1, 0.15) is 6.10 Å². The number of ether oxygens (including phenoxy) is 2. The Balaban J connectivity index is 1.02. The van der Waals surface area contributed by atoms with E-state index in [0.29, 0.717) is 19.6 Å². The molecule has 0 unspecified atom stereocenters. The average Bonchev–Trinajstić information content (AvgIpc) is 3.03. The molecule has 2 aliphatic rings. The molecule has 2 saturated heterocycles. The van der Waals surface area contributed by atoms with Crippen molar-refractivity contribution in [3.63, 3.8) is 0 Å². The molecule has 0 aliphatic carbocycles. The summed E-state index contributed by atoms with van der Waals surface area (Å²) in [5.41, 5.74) is 2.73. The van der Waals surface area contributed by atoms with E-state index >= 15 is 0 Å². The highest BCUT2D eigenvalue weighted by atomic mass is 16.6. The molecule has 2 heterocycles. The van der Waals surface area contributed by atoms with Crippen LogP contribution in [0.5, 0.6) is 0 Å². The Morgan fingerprint density at radius 1 is 0.814 bits per heavy atom. The zero-order valence-corrected chi connectivity index (χ0v) is 25.6. The van der Waals surface area contributed by atoms with Crippen molar-refractivity contribution in [2.24, 2.45) is 5.92 Å². The molecule has 2 aromatic carbocycles. The third kappa shape index (κ3) is 11.0. The topological polar surface area (TPSA) is 100 Å². The van der Waals surface area contributed by atoms with Crippen LogP contribution in [-0.2, 0) is 19.1 Å². The van der Waals surface area contributed by atoms with E-state index in [1.165, 1.54) is 0 Å². The van der Waals surface area contributed by atoms with Crippen LogP contribution in [0.3, 0.4) is 0 Å². The number of nitrogens with one attached hydrogen (secondary N) is 2. The van der Waals surface area contributed by atoms with Gasteiger partial charge >= 0.3 is 12.1 Å². The van der Waals surface area contributed by atoms with Gasteiger partial charge in [-0.25, -0.2) is 4.79 Å². The van der Waals surface area contributed by atoms with Crippen LogP contribution in [0.1, 0.15) is 58.3 Å². The smallest absolute Gasteiger partial charge is 0.411 e. The zero-order valence-electron chi connectivity index (χ0n) is 25.6. The van der Waals surface area contributed by atoms with Gasteiger partial charge in [0.2, 0.25) is 5.91 Å². The predicted octanol–water partition coefficient (Wildman–Crippen LogP) is 5.32. The maximum absolute atomic E-state index is 12.6. The van der Waals surface area contributed by atoms with Crippen molar-refractivity contribution in [2.45, 2.75) is 64.4 Å². The molecule has 0 aromatic heterocycles. The van der Waals surface area contributed by atoms with Gasteiger partial charge in [-0.15, -0.1) is 0 Å². The Bertz CT molecular complexity index is 1140. The summed E-state index contributed by atoms with van der Waals surface area (Å²) in [6.07, 6.45) is 6.39. The Morgan fingerprint density at radius 3 is 2.23 bits per heavy atom. The Kier molecular flexibility index (Phi) is 13.3. The molecule has 0 atom stereocenters. The molecule has 2 aromatic rings. The van der Waals surface area contributed by atoms with Gasteiger partial charge in [0.05, 0.1) is 18.2 Å². The normalized spacial score (nSPS) is 16.9. The second-order valence-corrected chi connectivity index (χ2v) is 11.5. The van der Waals surface area contributed by atoms with Gasteiger partial charge in [0.25, 0.3) is 0 Å². The number of piperidine rings is 2. The van der Waals surface area contributed by atoms with E-state index in [4.69, 9.17) is 9.47 Å². The number of likely N-dealkylation sites (tertiary alicyclic amines) is 2. The van der Waals surface area contributed by atoms with Gasteiger partial charge in [-0.1, -0.05) is 55.0 Å². The lowest BCUT2D eigenvalue weighted by Gasteiger charge is -2.31. The van der Waals surface area contributed by atoms with E-state index in [2.05, 4.69) is 20.4 Å². The van der Waals surface area contributed by atoms with Crippen LogP contribution in [0.2, 0.25) is 0 Å². The number of carbonyl (C=O) groups is 3. The maximum atomic E-state index is 12.6. The third-order valence-corrected chi connectivity index (χ3v) is 8.39. The lowest BCUT2D eigenvalue weighted by atomic mass is 9.97. The van der Waals surface area contributed by atoms with E-state index in [1.54, 1.807) is 0 Å². The molecule has 9 nitrogen and oxygen atoms in total. The molecular formula is C34H48N4O5. The molecular weight excluding hydrogens is 544 g/mol. The van der Waals surface area contributed by atoms with Gasteiger partial charge in [0.15, 0.2) is 0 Å². The zero-order chi connectivity index (χ0) is 30.3. The van der Waals surface area contributed by atoms with Gasteiger partial charge in [-0.2, -0.15) is 0 Å². The van der Waals surface area contributed by atoms with Crippen LogP contribution >= 0.6 is 0 Å². The first kappa shape index (κ1) is 32.5. The lowest BCUT2D eigenvalue weighted by Crippen LogP contribution is -2.40. The van der Waals surface area contributed by atoms with Crippen LogP contribution in [0.25, 0.3) is 11.1 Å². The Hall–Kier alpha value is -3.43. The monoisotopic (exact) mass is 592 g/mol. The highest BCUT2D eigenvalue weighted by Crippen LogP contribution is 2.28. The lowest BCUT2D eigenvalue weighted by molar-refractivity contribution is -0.149. The fraction of sp³-hybridized carbons (Fsp3) is 0.559. The minimum Gasteiger partial charge on any atom is -0.466 e. The minimum atomic E-state index is -0.431. The number of nitrogens with zero attached hydrogens (tertiary/aromatic N) is 2. The first-order chi connectivity index (χ1) is 21.0. The summed E-state index contributed by atoms with van der Waals surface area (Å²) in [5, 5.41) is 5.98. The van der Waals surface area contributed by atoms with Crippen molar-refractivity contribution in [3.8, 4) is 11.1 Å². The van der Waals surface area contributed by atoms with Gasteiger partial charge in [-0.05, 0) is 76.7 Å². The number of hydrogen-bond donors (Lipinski definition) is 2. The molecule has 43 heavy (non-hydrogen) atoms. The molecule has 0 saturated carbocycles. The van der Waals surface area contributed by atoms with Crippen molar-refractivity contribution in [2.75, 3.05) is 57.7 Å². The van der Waals surface area contributed by atoms with Crippen LogP contribution in [-0.4, -0.2) is 86.3 Å². The van der Waals surface area contributed by atoms with Crippen molar-refractivity contribution >= 4 is 23.7 Å². The second-order valence-electron chi connectivity index (χ2n) is 11.5. The summed E-state index contributed by atoms with van der Waals surface area (Å²) in [7, 11) is 0. The molecule has 0 bridgehead atoms. The highest BCUT2D eigenvalue weighted by Gasteiger charge is 2.26. The second kappa shape index (κ2) is 17.6. The molecule has 2 aliphatic heterocycles. The third-order valence-electron chi connectivity index (χ3n) is 8.39. The molecule has 0 radical (unpaired) electrons. The summed E-state index contributed by atoms with van der Waals surface area (Å²) in [6.45, 7) is 8.32. The summed E-state index contributed by atoms with van der Waals surface area (Å²) >= 11 is 0. The molecule has 2 fully saturated rings. The van der Waals surface area contributed by atoms with Crippen LogP contribution in [0.15, 0.2) is 54.6 Å². The number of benzene rings is 2. The van der Waals surface area contributed by atoms with Crippen molar-refractivity contribution in [1.29, 1.82) is 0 Å². The summed E-state index contributed by atoms with van der Waals surface area (Å²) < 4.78 is 10.9. The molecule has 2 amide bonds. The van der Waals surface area contributed by atoms with Gasteiger partial charge in [-0.3, -0.25) is 14.9 Å². The standard InChI is InChI=1S/C34H48N4O5/c1-2-42-33(40)28-15-22-37(23-16-28)21-10-4-9-20-35-32(39)19-26-38-24-17-29(18-25-38)43-34(41)36-31-14-8-7-13-30(31)27-11-5-3-6-12-27/h3,5-8,11-14,28-29H,2,4,9-10,15-26H2,1H3,(H,35,39)(H,36,41). The minimum absolute atomic E-state index is 0.0436. The quantitative estimate of drug-likeness (QED) is 0.226. The van der Waals surface area contributed by atoms with Crippen LogP contribution < -0.4 is 10.6 Å². The number of para-hydroxylation sites is 1. The fourth-order valence-corrected chi connectivity index (χ4v) is 5.87. The van der Waals surface area contributed by atoms with E-state index < -0.39 is 6.09 Å². The number of hydrogen-bond acceptors (Lipinski definition) is 7. The molecule has 9 heteroatoms. The molecule has 234 valence electrons. The maximum Gasteiger partial charge on any atom is 0.411 e. The fourth-order valence-electron chi connectivity index (χ4n) is 5.87. The predicted molar refractivity (Wildman–Crippen MR) is 169 cm³/mol. The number of esters is 1. The number of rotatable bonds is 14. The Morgan fingerprint density at radius 2 is 1.49 bits per heavy atom. The van der Waals surface area contributed by atoms with Crippen molar-refractivity contribution in [3.05, 3.63) is 54.6 Å². The molecule has 0 spiro atoms. The van der Waals surface area contributed by atoms with E-state index in [0.717, 1.165) is 101 Å². The largest absolute Gasteiger partial charge is 0.466 e. The summed E-state index contributed by atoms with van der Waals surface area (Å²) in [6, 6.07) is 17.7. The number of unbranched alkanes of at least 4 members (excludes halogenated alkanes) is 2. The van der Waals surface area contributed by atoms with Gasteiger partial charge in [0, 0.05) is 38.2 Å². The number of carbonyl (C=O) groups excluding carboxylic acids is 3. The van der Waals surface area contributed by atoms with Crippen molar-refractivity contribution < 1.29 is 23.9 Å². The van der Waals surface area contributed by atoms with E-state index in [-0.39, 0.29) is 23.9 Å². The van der Waals surface area contributed by atoms with Crippen LogP contribution in [0, 0.1) is 5.92 Å². The van der Waals surface area contributed by atoms with E-state index in [1.807, 2.05) is 61.5 Å². The Labute approximate surface area is 256 Å². The van der Waals surface area contributed by atoms with E-state index in [9.17, 15) is 14.4 Å². The highest BCUT2D eigenvalue weighted by molar-refractivity contribution is 5.91. The number of amides is 2. The van der Waals surface area contributed by atoms with Crippen molar-refractivity contribution in [1.82, 2.24) is 15.1 Å². The molecule has 4 rings (SSSR count). The number of anilines is 1. The first-order valence-corrected chi connectivity index (χ1v) is 16.0. The van der Waals surface area contributed by atoms with Gasteiger partial charge < -0.3 is 24.6 Å².